The van der Waals surface area contributed by atoms with E-state index in [0.29, 0.717) is 6.54 Å². The molecule has 1 N–H and O–H groups in total. The van der Waals surface area contributed by atoms with Crippen molar-refractivity contribution in [3.05, 3.63) is 54.4 Å². The number of aliphatic carboxylic acids is 1. The van der Waals surface area contributed by atoms with Crippen LogP contribution in [0.5, 0.6) is 0 Å². The zero-order valence-corrected chi connectivity index (χ0v) is 11.8. The second-order valence-electron chi connectivity index (χ2n) is 5.41. The molecule has 21 heavy (non-hydrogen) atoms. The van der Waals surface area contributed by atoms with Crippen LogP contribution >= 0.6 is 0 Å². The smallest absolute Gasteiger partial charge is 0.320 e. The highest BCUT2D eigenvalue weighted by Gasteiger charge is 2.30. The van der Waals surface area contributed by atoms with E-state index in [0.717, 1.165) is 36.1 Å². The normalized spacial score (nSPS) is 18.8. The minimum absolute atomic E-state index is 0.341. The summed E-state index contributed by atoms with van der Waals surface area (Å²) in [7, 11) is 0. The number of pyridine rings is 1. The molecule has 0 aliphatic carbocycles. The molecular formula is C17H18N2O2. The van der Waals surface area contributed by atoms with E-state index in [1.807, 2.05) is 29.3 Å². The molecule has 2 heterocycles. The molecule has 1 aromatic carbocycles. The third-order valence-electron chi connectivity index (χ3n) is 3.96. The zero-order valence-electron chi connectivity index (χ0n) is 11.8. The van der Waals surface area contributed by atoms with Crippen LogP contribution in [0.3, 0.4) is 0 Å². The predicted molar refractivity (Wildman–Crippen MR) is 80.7 cm³/mol. The van der Waals surface area contributed by atoms with Gasteiger partial charge in [0.05, 0.1) is 0 Å². The van der Waals surface area contributed by atoms with Crippen LogP contribution in [0.15, 0.2) is 48.8 Å². The SMILES string of the molecule is O=C(O)[C@H]1CCCN1Cc1cccc(-c2cccnc2)c1. The standard InChI is InChI=1S/C17H18N2O2/c20-17(21)16-7-3-9-19(16)12-13-4-1-5-14(10-13)15-6-2-8-18-11-15/h1-2,4-6,8,10-11,16H,3,7,9,12H2,(H,20,21)/t16-/m1/s1. The average Bonchev–Trinajstić information content (AvgIpc) is 2.97. The summed E-state index contributed by atoms with van der Waals surface area (Å²) in [5, 5.41) is 9.24. The van der Waals surface area contributed by atoms with Crippen molar-refractivity contribution < 1.29 is 9.90 Å². The van der Waals surface area contributed by atoms with E-state index in [-0.39, 0.29) is 6.04 Å². The Balaban J connectivity index is 1.79. The Morgan fingerprint density at radius 1 is 1.29 bits per heavy atom. The number of hydrogen-bond acceptors (Lipinski definition) is 3. The fraction of sp³-hybridized carbons (Fsp3) is 0.294. The molecule has 3 rings (SSSR count). The zero-order chi connectivity index (χ0) is 14.7. The van der Waals surface area contributed by atoms with Crippen molar-refractivity contribution in [2.24, 2.45) is 0 Å². The fourth-order valence-electron chi connectivity index (χ4n) is 2.91. The van der Waals surface area contributed by atoms with Crippen molar-refractivity contribution in [3.8, 4) is 11.1 Å². The van der Waals surface area contributed by atoms with E-state index in [1.165, 1.54) is 0 Å². The van der Waals surface area contributed by atoms with Gasteiger partial charge in [-0.2, -0.15) is 0 Å². The molecule has 4 heteroatoms. The van der Waals surface area contributed by atoms with E-state index in [9.17, 15) is 9.90 Å². The number of carbonyl (C=O) groups is 1. The Bertz CT molecular complexity index is 628. The summed E-state index contributed by atoms with van der Waals surface area (Å²) in [5.74, 6) is -0.712. The van der Waals surface area contributed by atoms with Crippen LogP contribution in [0.25, 0.3) is 11.1 Å². The van der Waals surface area contributed by atoms with Crippen LogP contribution in [0.1, 0.15) is 18.4 Å². The lowest BCUT2D eigenvalue weighted by atomic mass is 10.0. The Morgan fingerprint density at radius 3 is 2.90 bits per heavy atom. The van der Waals surface area contributed by atoms with Crippen molar-refractivity contribution in [1.82, 2.24) is 9.88 Å². The molecule has 2 aromatic rings. The van der Waals surface area contributed by atoms with Crippen molar-refractivity contribution in [2.75, 3.05) is 6.54 Å². The van der Waals surface area contributed by atoms with Gasteiger partial charge in [0.2, 0.25) is 0 Å². The third kappa shape index (κ3) is 3.11. The molecule has 1 aromatic heterocycles. The van der Waals surface area contributed by atoms with Crippen LogP contribution in [-0.2, 0) is 11.3 Å². The highest BCUT2D eigenvalue weighted by molar-refractivity contribution is 5.73. The van der Waals surface area contributed by atoms with Crippen molar-refractivity contribution in [2.45, 2.75) is 25.4 Å². The molecule has 0 saturated carbocycles. The molecule has 0 amide bonds. The highest BCUT2D eigenvalue weighted by Crippen LogP contribution is 2.23. The van der Waals surface area contributed by atoms with Crippen LogP contribution in [-0.4, -0.2) is 33.5 Å². The molecule has 108 valence electrons. The van der Waals surface area contributed by atoms with E-state index in [2.05, 4.69) is 23.2 Å². The molecule has 1 atom stereocenters. The van der Waals surface area contributed by atoms with Gasteiger partial charge in [0.1, 0.15) is 6.04 Å². The van der Waals surface area contributed by atoms with Gasteiger partial charge in [0.15, 0.2) is 0 Å². The van der Waals surface area contributed by atoms with Crippen LogP contribution in [0.4, 0.5) is 0 Å². The van der Waals surface area contributed by atoms with Gasteiger partial charge in [-0.1, -0.05) is 24.3 Å². The number of carboxylic acid groups (broad SMARTS) is 1. The Labute approximate surface area is 124 Å². The quantitative estimate of drug-likeness (QED) is 0.937. The Morgan fingerprint density at radius 2 is 2.14 bits per heavy atom. The first-order valence-electron chi connectivity index (χ1n) is 7.20. The van der Waals surface area contributed by atoms with E-state index >= 15 is 0 Å². The molecule has 0 unspecified atom stereocenters. The average molecular weight is 282 g/mol. The lowest BCUT2D eigenvalue weighted by Crippen LogP contribution is -2.35. The molecule has 0 spiro atoms. The van der Waals surface area contributed by atoms with Gasteiger partial charge in [-0.15, -0.1) is 0 Å². The maximum atomic E-state index is 11.2. The Kier molecular flexibility index (Phi) is 3.97. The maximum Gasteiger partial charge on any atom is 0.320 e. The lowest BCUT2D eigenvalue weighted by molar-refractivity contribution is -0.142. The molecule has 0 radical (unpaired) electrons. The second-order valence-corrected chi connectivity index (χ2v) is 5.41. The number of carboxylic acids is 1. The first-order chi connectivity index (χ1) is 10.2. The summed E-state index contributed by atoms with van der Waals surface area (Å²) in [4.78, 5) is 17.4. The number of rotatable bonds is 4. The topological polar surface area (TPSA) is 53.4 Å². The van der Waals surface area contributed by atoms with Gasteiger partial charge in [-0.3, -0.25) is 14.7 Å². The molecule has 1 fully saturated rings. The largest absolute Gasteiger partial charge is 0.480 e. The molecule has 4 nitrogen and oxygen atoms in total. The number of nitrogens with zero attached hydrogens (tertiary/aromatic N) is 2. The maximum absolute atomic E-state index is 11.2. The van der Waals surface area contributed by atoms with Crippen LogP contribution < -0.4 is 0 Å². The van der Waals surface area contributed by atoms with Gasteiger partial charge in [-0.25, -0.2) is 0 Å². The second kappa shape index (κ2) is 6.06. The summed E-state index contributed by atoms with van der Waals surface area (Å²) in [5.41, 5.74) is 3.34. The number of benzene rings is 1. The van der Waals surface area contributed by atoms with Crippen molar-refractivity contribution in [1.29, 1.82) is 0 Å². The monoisotopic (exact) mass is 282 g/mol. The Hall–Kier alpha value is -2.20. The van der Waals surface area contributed by atoms with Gasteiger partial charge in [0, 0.05) is 18.9 Å². The third-order valence-corrected chi connectivity index (χ3v) is 3.96. The summed E-state index contributed by atoms with van der Waals surface area (Å²) in [6.45, 7) is 1.54. The minimum Gasteiger partial charge on any atom is -0.480 e. The molecule has 1 saturated heterocycles. The van der Waals surface area contributed by atoms with E-state index in [4.69, 9.17) is 0 Å². The molecule has 0 bridgehead atoms. The summed E-state index contributed by atoms with van der Waals surface area (Å²) in [6.07, 6.45) is 5.31. The number of hydrogen-bond donors (Lipinski definition) is 1. The predicted octanol–water partition coefficient (Wildman–Crippen LogP) is 2.80. The van der Waals surface area contributed by atoms with Gasteiger partial charge >= 0.3 is 5.97 Å². The van der Waals surface area contributed by atoms with Crippen molar-refractivity contribution in [3.63, 3.8) is 0 Å². The number of likely N-dealkylation sites (tertiary alicyclic amines) is 1. The lowest BCUT2D eigenvalue weighted by Gasteiger charge is -2.21. The number of aromatic nitrogens is 1. The molecular weight excluding hydrogens is 264 g/mol. The van der Waals surface area contributed by atoms with Crippen molar-refractivity contribution >= 4 is 5.97 Å². The summed E-state index contributed by atoms with van der Waals surface area (Å²) >= 11 is 0. The first-order valence-corrected chi connectivity index (χ1v) is 7.20. The highest BCUT2D eigenvalue weighted by atomic mass is 16.4. The fourth-order valence-corrected chi connectivity index (χ4v) is 2.91. The minimum atomic E-state index is -0.712. The summed E-state index contributed by atoms with van der Waals surface area (Å²) in [6, 6.07) is 11.9. The van der Waals surface area contributed by atoms with E-state index < -0.39 is 5.97 Å². The van der Waals surface area contributed by atoms with Gasteiger partial charge in [0.25, 0.3) is 0 Å². The van der Waals surface area contributed by atoms with Gasteiger partial charge < -0.3 is 5.11 Å². The summed E-state index contributed by atoms with van der Waals surface area (Å²) < 4.78 is 0. The van der Waals surface area contributed by atoms with Gasteiger partial charge in [-0.05, 0) is 48.2 Å². The van der Waals surface area contributed by atoms with Crippen LogP contribution in [0.2, 0.25) is 0 Å². The first kappa shape index (κ1) is 13.8. The van der Waals surface area contributed by atoms with E-state index in [1.54, 1.807) is 6.20 Å². The molecule has 1 aliphatic rings. The van der Waals surface area contributed by atoms with Crippen LogP contribution in [0, 0.1) is 0 Å². The molecule has 1 aliphatic heterocycles.